The maximum atomic E-state index is 11.9. The number of thiophene rings is 1. The van der Waals surface area contributed by atoms with Gasteiger partial charge in [0.2, 0.25) is 0 Å². The molecule has 0 saturated heterocycles. The van der Waals surface area contributed by atoms with Gasteiger partial charge in [0, 0.05) is 0 Å². The van der Waals surface area contributed by atoms with E-state index in [0.717, 1.165) is 10.6 Å². The standard InChI is InChI=1S/C13H18O2S/c1-9-7-12(16-8-9)15-13(14)10(2)11-5-3-4-6-11/h7-8,10-11H,3-6H2,1-2H3. The van der Waals surface area contributed by atoms with Gasteiger partial charge in [0.1, 0.15) is 0 Å². The van der Waals surface area contributed by atoms with Crippen LogP contribution in [0.1, 0.15) is 38.2 Å². The highest BCUT2D eigenvalue weighted by Crippen LogP contribution is 2.32. The Morgan fingerprint density at radius 3 is 2.75 bits per heavy atom. The van der Waals surface area contributed by atoms with Gasteiger partial charge in [-0.2, -0.15) is 0 Å². The Balaban J connectivity index is 1.92. The van der Waals surface area contributed by atoms with Crippen molar-refractivity contribution in [3.05, 3.63) is 17.0 Å². The number of hydrogen-bond donors (Lipinski definition) is 0. The maximum Gasteiger partial charge on any atom is 0.315 e. The van der Waals surface area contributed by atoms with Crippen LogP contribution >= 0.6 is 11.3 Å². The lowest BCUT2D eigenvalue weighted by molar-refractivity contribution is -0.139. The lowest BCUT2D eigenvalue weighted by Crippen LogP contribution is -2.23. The van der Waals surface area contributed by atoms with Gasteiger partial charge in [-0.25, -0.2) is 0 Å². The van der Waals surface area contributed by atoms with Gasteiger partial charge in [-0.1, -0.05) is 19.8 Å². The SMILES string of the molecule is Cc1csc(OC(=O)C(C)C2CCCC2)c1. The third-order valence-electron chi connectivity index (χ3n) is 3.39. The van der Waals surface area contributed by atoms with Crippen molar-refractivity contribution >= 4 is 17.3 Å². The van der Waals surface area contributed by atoms with Crippen LogP contribution in [0.15, 0.2) is 11.4 Å². The molecule has 0 aromatic carbocycles. The number of aryl methyl sites for hydroxylation is 1. The maximum absolute atomic E-state index is 11.9. The molecule has 0 N–H and O–H groups in total. The Kier molecular flexibility index (Phi) is 3.64. The summed E-state index contributed by atoms with van der Waals surface area (Å²) in [6, 6.07) is 1.92. The molecular weight excluding hydrogens is 220 g/mol. The fourth-order valence-corrected chi connectivity index (χ4v) is 3.05. The van der Waals surface area contributed by atoms with Gasteiger partial charge in [-0.05, 0) is 42.7 Å². The Morgan fingerprint density at radius 1 is 1.50 bits per heavy atom. The van der Waals surface area contributed by atoms with Crippen LogP contribution in [0, 0.1) is 18.8 Å². The van der Waals surface area contributed by atoms with E-state index >= 15 is 0 Å². The molecule has 1 fully saturated rings. The van der Waals surface area contributed by atoms with E-state index in [1.54, 1.807) is 0 Å². The number of carbonyl (C=O) groups is 1. The first-order valence-corrected chi connectivity index (χ1v) is 6.81. The fourth-order valence-electron chi connectivity index (χ4n) is 2.30. The van der Waals surface area contributed by atoms with E-state index in [1.807, 2.05) is 25.3 Å². The van der Waals surface area contributed by atoms with Crippen molar-refractivity contribution in [3.63, 3.8) is 0 Å². The normalized spacial score (nSPS) is 18.6. The molecule has 0 aliphatic heterocycles. The third-order valence-corrected chi connectivity index (χ3v) is 4.31. The second kappa shape index (κ2) is 5.00. The van der Waals surface area contributed by atoms with Crippen LogP contribution in [0.2, 0.25) is 0 Å². The van der Waals surface area contributed by atoms with Crippen LogP contribution in [-0.4, -0.2) is 5.97 Å². The number of hydrogen-bond acceptors (Lipinski definition) is 3. The predicted octanol–water partition coefficient (Wildman–Crippen LogP) is 3.79. The molecule has 2 nitrogen and oxygen atoms in total. The molecule has 1 saturated carbocycles. The van der Waals surface area contributed by atoms with E-state index in [-0.39, 0.29) is 11.9 Å². The Morgan fingerprint density at radius 2 is 2.19 bits per heavy atom. The molecule has 0 radical (unpaired) electrons. The van der Waals surface area contributed by atoms with E-state index < -0.39 is 0 Å². The lowest BCUT2D eigenvalue weighted by Gasteiger charge is -2.16. The van der Waals surface area contributed by atoms with Crippen molar-refractivity contribution in [1.82, 2.24) is 0 Å². The van der Waals surface area contributed by atoms with Crippen molar-refractivity contribution in [2.45, 2.75) is 39.5 Å². The average Bonchev–Trinajstić information content (AvgIpc) is 2.88. The molecule has 1 atom stereocenters. The molecule has 1 aliphatic rings. The van der Waals surface area contributed by atoms with Crippen LogP contribution in [0.4, 0.5) is 0 Å². The van der Waals surface area contributed by atoms with Gasteiger partial charge in [0.05, 0.1) is 5.92 Å². The van der Waals surface area contributed by atoms with Crippen molar-refractivity contribution in [2.24, 2.45) is 11.8 Å². The molecule has 1 aliphatic carbocycles. The van der Waals surface area contributed by atoms with Gasteiger partial charge in [-0.3, -0.25) is 4.79 Å². The fraction of sp³-hybridized carbons (Fsp3) is 0.615. The van der Waals surface area contributed by atoms with Crippen LogP contribution in [0.5, 0.6) is 5.06 Å². The number of rotatable bonds is 3. The molecule has 1 heterocycles. The highest BCUT2D eigenvalue weighted by atomic mass is 32.1. The summed E-state index contributed by atoms with van der Waals surface area (Å²) < 4.78 is 5.39. The largest absolute Gasteiger partial charge is 0.415 e. The van der Waals surface area contributed by atoms with Gasteiger partial charge < -0.3 is 4.74 Å². The topological polar surface area (TPSA) is 26.3 Å². The van der Waals surface area contributed by atoms with E-state index in [4.69, 9.17) is 4.74 Å². The van der Waals surface area contributed by atoms with Crippen LogP contribution < -0.4 is 4.74 Å². The molecule has 1 aromatic heterocycles. The molecule has 1 aromatic rings. The van der Waals surface area contributed by atoms with Crippen molar-refractivity contribution in [1.29, 1.82) is 0 Å². The van der Waals surface area contributed by atoms with E-state index in [9.17, 15) is 4.79 Å². The third kappa shape index (κ3) is 2.64. The van der Waals surface area contributed by atoms with Gasteiger partial charge in [-0.15, -0.1) is 11.3 Å². The van der Waals surface area contributed by atoms with Gasteiger partial charge in [0.15, 0.2) is 5.06 Å². The van der Waals surface area contributed by atoms with Crippen LogP contribution in [0.25, 0.3) is 0 Å². The quantitative estimate of drug-likeness (QED) is 0.749. The smallest absolute Gasteiger partial charge is 0.315 e. The summed E-state index contributed by atoms with van der Waals surface area (Å²) in [4.78, 5) is 11.9. The Hall–Kier alpha value is -0.830. The molecule has 3 heteroatoms. The highest BCUT2D eigenvalue weighted by Gasteiger charge is 2.28. The summed E-state index contributed by atoms with van der Waals surface area (Å²) in [5.41, 5.74) is 1.15. The Labute approximate surface area is 101 Å². The first kappa shape index (κ1) is 11.6. The molecule has 0 amide bonds. The first-order valence-electron chi connectivity index (χ1n) is 5.93. The first-order chi connectivity index (χ1) is 7.66. The number of carbonyl (C=O) groups excluding carboxylic acids is 1. The van der Waals surface area contributed by atoms with Crippen LogP contribution in [-0.2, 0) is 4.79 Å². The van der Waals surface area contributed by atoms with Gasteiger partial charge in [0.25, 0.3) is 0 Å². The van der Waals surface area contributed by atoms with E-state index in [2.05, 4.69) is 0 Å². The van der Waals surface area contributed by atoms with E-state index in [0.29, 0.717) is 5.92 Å². The minimum Gasteiger partial charge on any atom is -0.415 e. The minimum atomic E-state index is -0.0613. The lowest BCUT2D eigenvalue weighted by atomic mass is 9.93. The molecule has 2 rings (SSSR count). The predicted molar refractivity (Wildman–Crippen MR) is 65.8 cm³/mol. The molecular formula is C13H18O2S. The summed E-state index contributed by atoms with van der Waals surface area (Å²) in [7, 11) is 0. The summed E-state index contributed by atoms with van der Waals surface area (Å²) in [5, 5.41) is 2.73. The molecule has 88 valence electrons. The molecule has 1 unspecified atom stereocenters. The summed E-state index contributed by atoms with van der Waals surface area (Å²) in [6.45, 7) is 4.01. The average molecular weight is 238 g/mol. The number of esters is 1. The number of ether oxygens (including phenoxy) is 1. The zero-order valence-electron chi connectivity index (χ0n) is 9.86. The summed E-state index contributed by atoms with van der Waals surface area (Å²) in [5.74, 6) is 0.521. The van der Waals surface area contributed by atoms with Crippen LogP contribution in [0.3, 0.4) is 0 Å². The highest BCUT2D eigenvalue weighted by molar-refractivity contribution is 7.12. The minimum absolute atomic E-state index is 0.0462. The zero-order chi connectivity index (χ0) is 11.5. The molecule has 0 spiro atoms. The van der Waals surface area contributed by atoms with Crippen molar-refractivity contribution in [2.75, 3.05) is 0 Å². The second-order valence-electron chi connectivity index (χ2n) is 4.70. The van der Waals surface area contributed by atoms with Crippen molar-refractivity contribution in [3.8, 4) is 5.06 Å². The van der Waals surface area contributed by atoms with Crippen molar-refractivity contribution < 1.29 is 9.53 Å². The monoisotopic (exact) mass is 238 g/mol. The van der Waals surface area contributed by atoms with Gasteiger partial charge >= 0.3 is 5.97 Å². The summed E-state index contributed by atoms with van der Waals surface area (Å²) in [6.07, 6.45) is 4.89. The summed E-state index contributed by atoms with van der Waals surface area (Å²) >= 11 is 1.49. The second-order valence-corrected chi connectivity index (χ2v) is 5.57. The zero-order valence-corrected chi connectivity index (χ0v) is 10.7. The van der Waals surface area contributed by atoms with E-state index in [1.165, 1.54) is 37.0 Å². The molecule has 16 heavy (non-hydrogen) atoms. The Bertz CT molecular complexity index is 364. The molecule has 0 bridgehead atoms.